The van der Waals surface area contributed by atoms with Gasteiger partial charge in [-0.05, 0) is 13.3 Å². The number of carboxylic acids is 1. The Morgan fingerprint density at radius 1 is 1.50 bits per heavy atom. The molecule has 7 nitrogen and oxygen atoms in total. The fourth-order valence-corrected chi connectivity index (χ4v) is 1.10. The summed E-state index contributed by atoms with van der Waals surface area (Å²) in [7, 11) is 2.02. The van der Waals surface area contributed by atoms with Crippen molar-refractivity contribution in [2.24, 2.45) is 18.5 Å². The number of nitrogens with two attached hydrogens (primary N) is 2. The van der Waals surface area contributed by atoms with E-state index in [2.05, 4.69) is 24.0 Å². The Kier molecular flexibility index (Phi) is 7.37. The maximum atomic E-state index is 10.1. The van der Waals surface area contributed by atoms with E-state index in [0.29, 0.717) is 0 Å². The van der Waals surface area contributed by atoms with E-state index in [1.165, 1.54) is 0 Å². The lowest BCUT2D eigenvalue weighted by Gasteiger charge is -2.09. The number of amides is 1. The van der Waals surface area contributed by atoms with E-state index in [0.717, 1.165) is 6.54 Å². The SMILES string of the molecule is CCn1cc[n+](C)c1.NC(=O)CC[C@H](N)C(=O)[O-]. The number of rotatable bonds is 5. The fraction of sp³-hybridized carbons (Fsp3) is 0.545. The average molecular weight is 256 g/mol. The van der Waals surface area contributed by atoms with Gasteiger partial charge in [0.25, 0.3) is 0 Å². The zero-order valence-electron chi connectivity index (χ0n) is 10.7. The second-order valence-electron chi connectivity index (χ2n) is 3.84. The molecule has 0 spiro atoms. The zero-order valence-corrected chi connectivity index (χ0v) is 10.7. The Hall–Kier alpha value is -1.89. The molecule has 4 N–H and O–H groups in total. The van der Waals surface area contributed by atoms with E-state index in [-0.39, 0.29) is 12.8 Å². The molecular formula is C11H20N4O3. The van der Waals surface area contributed by atoms with E-state index in [9.17, 15) is 14.7 Å². The topological polar surface area (TPSA) is 118 Å². The molecule has 18 heavy (non-hydrogen) atoms. The van der Waals surface area contributed by atoms with Crippen LogP contribution in [0.2, 0.25) is 0 Å². The highest BCUT2D eigenvalue weighted by Crippen LogP contribution is 1.91. The van der Waals surface area contributed by atoms with Crippen molar-refractivity contribution in [3.05, 3.63) is 18.7 Å². The maximum Gasteiger partial charge on any atom is 0.243 e. The first-order chi connectivity index (χ1) is 8.36. The summed E-state index contributed by atoms with van der Waals surface area (Å²) in [5, 5.41) is 9.92. The Labute approximate surface area is 106 Å². The van der Waals surface area contributed by atoms with Crippen molar-refractivity contribution in [3.63, 3.8) is 0 Å². The first kappa shape index (κ1) is 16.1. The summed E-state index contributed by atoms with van der Waals surface area (Å²) in [6, 6.07) is -1.09. The van der Waals surface area contributed by atoms with Gasteiger partial charge in [-0.2, -0.15) is 0 Å². The van der Waals surface area contributed by atoms with Crippen LogP contribution in [0.25, 0.3) is 0 Å². The van der Waals surface area contributed by atoms with Gasteiger partial charge in [0, 0.05) is 12.5 Å². The monoisotopic (exact) mass is 256 g/mol. The Morgan fingerprint density at radius 2 is 2.11 bits per heavy atom. The number of aliphatic carboxylic acids is 1. The lowest BCUT2D eigenvalue weighted by molar-refractivity contribution is -0.671. The van der Waals surface area contributed by atoms with Crippen LogP contribution >= 0.6 is 0 Å². The lowest BCUT2D eigenvalue weighted by atomic mass is 10.2. The minimum Gasteiger partial charge on any atom is -0.548 e. The molecule has 0 aliphatic heterocycles. The van der Waals surface area contributed by atoms with E-state index in [1.807, 2.05) is 17.8 Å². The molecule has 1 amide bonds. The quantitative estimate of drug-likeness (QED) is 0.574. The van der Waals surface area contributed by atoms with Crippen LogP contribution in [-0.2, 0) is 23.2 Å². The molecular weight excluding hydrogens is 236 g/mol. The molecule has 1 aromatic heterocycles. The molecule has 0 aliphatic rings. The number of carboxylic acid groups (broad SMARTS) is 1. The predicted octanol–water partition coefficient (Wildman–Crippen LogP) is -2.34. The summed E-state index contributed by atoms with van der Waals surface area (Å²) in [4.78, 5) is 20.0. The molecule has 1 rings (SSSR count). The largest absolute Gasteiger partial charge is 0.548 e. The van der Waals surface area contributed by atoms with Crippen LogP contribution < -0.4 is 21.1 Å². The van der Waals surface area contributed by atoms with Crippen molar-refractivity contribution < 1.29 is 19.3 Å². The van der Waals surface area contributed by atoms with Crippen LogP contribution in [0.15, 0.2) is 18.7 Å². The summed E-state index contributed by atoms with van der Waals surface area (Å²) in [5.74, 6) is -1.92. The minimum absolute atomic E-state index is 0.0187. The number of hydrogen-bond donors (Lipinski definition) is 2. The molecule has 0 aromatic carbocycles. The minimum atomic E-state index is -1.36. The smallest absolute Gasteiger partial charge is 0.243 e. The summed E-state index contributed by atoms with van der Waals surface area (Å²) >= 11 is 0. The number of aromatic nitrogens is 2. The number of carbonyl (C=O) groups excluding carboxylic acids is 2. The van der Waals surface area contributed by atoms with Gasteiger partial charge in [0.2, 0.25) is 12.2 Å². The van der Waals surface area contributed by atoms with Gasteiger partial charge in [0.15, 0.2) is 0 Å². The van der Waals surface area contributed by atoms with Gasteiger partial charge in [0.1, 0.15) is 12.4 Å². The molecule has 0 fully saturated rings. The lowest BCUT2D eigenvalue weighted by Crippen LogP contribution is -2.42. The Morgan fingerprint density at radius 3 is 2.39 bits per heavy atom. The highest BCUT2D eigenvalue weighted by molar-refractivity contribution is 5.76. The van der Waals surface area contributed by atoms with E-state index >= 15 is 0 Å². The number of nitrogens with zero attached hydrogens (tertiary/aromatic N) is 2. The number of imidazole rings is 1. The van der Waals surface area contributed by atoms with Gasteiger partial charge in [-0.25, -0.2) is 9.13 Å². The zero-order chi connectivity index (χ0) is 14.1. The first-order valence-corrected chi connectivity index (χ1v) is 5.62. The summed E-state index contributed by atoms with van der Waals surface area (Å²) in [6.45, 7) is 3.18. The number of carbonyl (C=O) groups is 2. The van der Waals surface area contributed by atoms with Gasteiger partial charge >= 0.3 is 0 Å². The predicted molar refractivity (Wildman–Crippen MR) is 62.7 cm³/mol. The molecule has 0 radical (unpaired) electrons. The Balaban J connectivity index is 0.000000327. The van der Waals surface area contributed by atoms with E-state index in [4.69, 9.17) is 11.5 Å². The van der Waals surface area contributed by atoms with Gasteiger partial charge < -0.3 is 21.4 Å². The Bertz CT molecular complexity index is 389. The number of hydrogen-bond acceptors (Lipinski definition) is 4. The maximum absolute atomic E-state index is 10.1. The van der Waals surface area contributed by atoms with Crippen molar-refractivity contribution in [1.29, 1.82) is 0 Å². The molecule has 1 heterocycles. The number of aryl methyl sites for hydroxylation is 2. The second kappa shape index (κ2) is 8.24. The van der Waals surface area contributed by atoms with E-state index in [1.54, 1.807) is 0 Å². The van der Waals surface area contributed by atoms with E-state index < -0.39 is 17.9 Å². The number of primary amides is 1. The molecule has 0 saturated carbocycles. The molecule has 1 aromatic rings. The highest BCUT2D eigenvalue weighted by atomic mass is 16.4. The van der Waals surface area contributed by atoms with Crippen LogP contribution in [0.3, 0.4) is 0 Å². The molecule has 102 valence electrons. The summed E-state index contributed by atoms with van der Waals surface area (Å²) < 4.78 is 4.16. The fourth-order valence-electron chi connectivity index (χ4n) is 1.10. The van der Waals surface area contributed by atoms with Gasteiger partial charge in [-0.1, -0.05) is 0 Å². The first-order valence-electron chi connectivity index (χ1n) is 5.62. The van der Waals surface area contributed by atoms with Crippen LogP contribution in [-0.4, -0.2) is 22.5 Å². The van der Waals surface area contributed by atoms with Crippen molar-refractivity contribution in [1.82, 2.24) is 4.57 Å². The molecule has 1 atom stereocenters. The standard InChI is InChI=1S/C6H11N2.C5H10N2O3/c1-3-8-5-4-7(2)6-8;6-3(5(9)10)1-2-4(7)8/h4-6H,3H2,1-2H3;3H,1-2,6H2,(H2,7,8)(H,9,10)/q+1;/p-1/t;3-/m.0/s1. The molecule has 0 unspecified atom stereocenters. The van der Waals surface area contributed by atoms with Crippen molar-refractivity contribution in [2.45, 2.75) is 32.4 Å². The summed E-state index contributed by atoms with van der Waals surface area (Å²) in [5.41, 5.74) is 9.73. The van der Waals surface area contributed by atoms with Gasteiger partial charge in [-0.15, -0.1) is 0 Å². The molecule has 0 aliphatic carbocycles. The average Bonchev–Trinajstić information content (AvgIpc) is 2.72. The van der Waals surface area contributed by atoms with Crippen LogP contribution in [0, 0.1) is 0 Å². The normalized spacial score (nSPS) is 11.3. The van der Waals surface area contributed by atoms with Crippen molar-refractivity contribution >= 4 is 11.9 Å². The molecule has 0 saturated heterocycles. The van der Waals surface area contributed by atoms with Gasteiger partial charge in [-0.3, -0.25) is 4.79 Å². The van der Waals surface area contributed by atoms with Crippen molar-refractivity contribution in [3.8, 4) is 0 Å². The third-order valence-electron chi connectivity index (χ3n) is 2.19. The van der Waals surface area contributed by atoms with Gasteiger partial charge in [0.05, 0.1) is 19.6 Å². The summed E-state index contributed by atoms with van der Waals surface area (Å²) in [6.07, 6.45) is 6.16. The molecule has 0 bridgehead atoms. The third kappa shape index (κ3) is 7.39. The molecule has 7 heteroatoms. The van der Waals surface area contributed by atoms with Crippen LogP contribution in [0.5, 0.6) is 0 Å². The van der Waals surface area contributed by atoms with Crippen molar-refractivity contribution in [2.75, 3.05) is 0 Å². The highest BCUT2D eigenvalue weighted by Gasteiger charge is 2.04. The second-order valence-corrected chi connectivity index (χ2v) is 3.84. The van der Waals surface area contributed by atoms with Crippen LogP contribution in [0.1, 0.15) is 19.8 Å². The van der Waals surface area contributed by atoms with Crippen LogP contribution in [0.4, 0.5) is 0 Å². The third-order valence-corrected chi connectivity index (χ3v) is 2.19.